The van der Waals surface area contributed by atoms with Crippen molar-refractivity contribution >= 4 is 11.3 Å². The molecule has 2 fully saturated rings. The average Bonchev–Trinajstić information content (AvgIpc) is 3.09. The van der Waals surface area contributed by atoms with Gasteiger partial charge in [0.1, 0.15) is 11.1 Å². The molecule has 0 bridgehead atoms. The van der Waals surface area contributed by atoms with Crippen molar-refractivity contribution in [2.75, 3.05) is 19.7 Å². The summed E-state index contributed by atoms with van der Waals surface area (Å²) in [6, 6.07) is 0. The molecule has 1 aliphatic heterocycles. The fraction of sp³-hybridized carbons (Fsp3) is 0.643. The van der Waals surface area contributed by atoms with Crippen LogP contribution in [0, 0.1) is 6.92 Å². The van der Waals surface area contributed by atoms with Gasteiger partial charge in [0.2, 0.25) is 11.8 Å². The van der Waals surface area contributed by atoms with Crippen LogP contribution in [-0.2, 0) is 11.3 Å². The normalized spacial score (nSPS) is 23.6. The molecule has 7 heteroatoms. The molecule has 1 saturated carbocycles. The summed E-state index contributed by atoms with van der Waals surface area (Å²) < 4.78 is 11.6. The van der Waals surface area contributed by atoms with E-state index in [0.717, 1.165) is 29.7 Å². The topological polar surface area (TPSA) is 64.3 Å². The molecule has 1 atom stereocenters. The van der Waals surface area contributed by atoms with Crippen LogP contribution in [-0.4, -0.2) is 39.8 Å². The fourth-order valence-corrected chi connectivity index (χ4v) is 3.37. The summed E-state index contributed by atoms with van der Waals surface area (Å²) in [5.74, 6) is 2.04. The number of hydrogen-bond donors (Lipinski definition) is 0. The molecule has 2 aliphatic rings. The summed E-state index contributed by atoms with van der Waals surface area (Å²) in [7, 11) is 0. The second kappa shape index (κ2) is 5.47. The lowest BCUT2D eigenvalue weighted by molar-refractivity contribution is -0.0353. The van der Waals surface area contributed by atoms with Crippen LogP contribution in [0.5, 0.6) is 0 Å². The fourth-order valence-electron chi connectivity index (χ4n) is 2.53. The van der Waals surface area contributed by atoms with E-state index >= 15 is 0 Å². The Morgan fingerprint density at radius 2 is 2.29 bits per heavy atom. The molecule has 21 heavy (non-hydrogen) atoms. The van der Waals surface area contributed by atoms with Crippen molar-refractivity contribution in [2.45, 2.75) is 38.3 Å². The predicted molar refractivity (Wildman–Crippen MR) is 77.1 cm³/mol. The molecule has 0 spiro atoms. The average molecular weight is 306 g/mol. The largest absolute Gasteiger partial charge is 0.424 e. The molecule has 0 radical (unpaired) electrons. The van der Waals surface area contributed by atoms with E-state index in [4.69, 9.17) is 9.15 Å². The molecular formula is C14H18N4O2S. The van der Waals surface area contributed by atoms with E-state index in [-0.39, 0.29) is 6.10 Å². The van der Waals surface area contributed by atoms with Crippen LogP contribution in [0.25, 0.3) is 0 Å². The Morgan fingerprint density at radius 3 is 3.05 bits per heavy atom. The van der Waals surface area contributed by atoms with E-state index < -0.39 is 0 Å². The summed E-state index contributed by atoms with van der Waals surface area (Å²) in [5.41, 5.74) is 1.06. The molecule has 3 heterocycles. The van der Waals surface area contributed by atoms with Gasteiger partial charge >= 0.3 is 0 Å². The van der Waals surface area contributed by atoms with E-state index in [9.17, 15) is 0 Å². The summed E-state index contributed by atoms with van der Waals surface area (Å²) in [5, 5.41) is 11.4. The molecule has 0 N–H and O–H groups in total. The SMILES string of the molecule is Cc1csc([C@H]2CN(Cc3nnc(C4CC4)o3)CCO2)n1. The quantitative estimate of drug-likeness (QED) is 0.863. The molecule has 4 rings (SSSR count). The Balaban J connectivity index is 1.40. The Kier molecular flexibility index (Phi) is 3.48. The summed E-state index contributed by atoms with van der Waals surface area (Å²) in [6.45, 7) is 5.14. The van der Waals surface area contributed by atoms with Gasteiger partial charge in [0.25, 0.3) is 0 Å². The van der Waals surface area contributed by atoms with Gasteiger partial charge in [0.15, 0.2) is 0 Å². The van der Waals surface area contributed by atoms with Crippen molar-refractivity contribution in [3.05, 3.63) is 27.9 Å². The Morgan fingerprint density at radius 1 is 1.38 bits per heavy atom. The smallest absolute Gasteiger partial charge is 0.230 e. The lowest BCUT2D eigenvalue weighted by Crippen LogP contribution is -2.37. The third-order valence-electron chi connectivity index (χ3n) is 3.83. The van der Waals surface area contributed by atoms with Gasteiger partial charge in [0, 0.05) is 30.1 Å². The zero-order valence-corrected chi connectivity index (χ0v) is 12.8. The number of rotatable bonds is 4. The van der Waals surface area contributed by atoms with E-state index in [2.05, 4.69) is 25.5 Å². The molecule has 0 unspecified atom stereocenters. The molecule has 0 amide bonds. The zero-order valence-electron chi connectivity index (χ0n) is 12.0. The van der Waals surface area contributed by atoms with E-state index in [1.54, 1.807) is 11.3 Å². The Bertz CT molecular complexity index is 622. The van der Waals surface area contributed by atoms with Gasteiger partial charge in [-0.1, -0.05) is 0 Å². The van der Waals surface area contributed by atoms with Gasteiger partial charge in [-0.3, -0.25) is 4.90 Å². The van der Waals surface area contributed by atoms with E-state index in [1.807, 2.05) is 6.92 Å². The monoisotopic (exact) mass is 306 g/mol. The summed E-state index contributed by atoms with van der Waals surface area (Å²) in [6.07, 6.45) is 2.43. The number of hydrogen-bond acceptors (Lipinski definition) is 7. The lowest BCUT2D eigenvalue weighted by atomic mass is 10.3. The molecule has 112 valence electrons. The van der Waals surface area contributed by atoms with Gasteiger partial charge in [-0.2, -0.15) is 0 Å². The number of thiazole rings is 1. The van der Waals surface area contributed by atoms with Crippen LogP contribution < -0.4 is 0 Å². The highest BCUT2D eigenvalue weighted by atomic mass is 32.1. The highest BCUT2D eigenvalue weighted by Crippen LogP contribution is 2.39. The molecule has 2 aromatic rings. The number of nitrogens with zero attached hydrogens (tertiary/aromatic N) is 4. The number of morpholine rings is 1. The summed E-state index contributed by atoms with van der Waals surface area (Å²) >= 11 is 1.67. The van der Waals surface area contributed by atoms with Crippen LogP contribution in [0.4, 0.5) is 0 Å². The van der Waals surface area contributed by atoms with Gasteiger partial charge in [-0.25, -0.2) is 4.98 Å². The first-order chi connectivity index (χ1) is 10.3. The van der Waals surface area contributed by atoms with Gasteiger partial charge in [-0.05, 0) is 19.8 Å². The molecule has 1 saturated heterocycles. The van der Waals surface area contributed by atoms with Crippen LogP contribution >= 0.6 is 11.3 Å². The molecule has 0 aromatic carbocycles. The highest BCUT2D eigenvalue weighted by molar-refractivity contribution is 7.09. The van der Waals surface area contributed by atoms with Crippen LogP contribution in [0.1, 0.15) is 47.3 Å². The number of ether oxygens (including phenoxy) is 1. The van der Waals surface area contributed by atoms with Crippen LogP contribution in [0.2, 0.25) is 0 Å². The molecule has 1 aliphatic carbocycles. The van der Waals surface area contributed by atoms with Crippen molar-refractivity contribution in [1.29, 1.82) is 0 Å². The number of aromatic nitrogens is 3. The summed E-state index contributed by atoms with van der Waals surface area (Å²) in [4.78, 5) is 6.83. The lowest BCUT2D eigenvalue weighted by Gasteiger charge is -2.30. The minimum atomic E-state index is 0.0586. The first-order valence-electron chi connectivity index (χ1n) is 7.36. The second-order valence-electron chi connectivity index (χ2n) is 5.73. The molecule has 2 aromatic heterocycles. The first-order valence-corrected chi connectivity index (χ1v) is 8.24. The predicted octanol–water partition coefficient (Wildman–Crippen LogP) is 2.29. The Hall–Kier alpha value is -1.31. The van der Waals surface area contributed by atoms with Gasteiger partial charge < -0.3 is 9.15 Å². The van der Waals surface area contributed by atoms with Crippen LogP contribution in [0.3, 0.4) is 0 Å². The molecule has 6 nitrogen and oxygen atoms in total. The second-order valence-corrected chi connectivity index (χ2v) is 6.62. The maximum Gasteiger partial charge on any atom is 0.230 e. The molecular weight excluding hydrogens is 288 g/mol. The van der Waals surface area contributed by atoms with E-state index in [1.165, 1.54) is 12.8 Å². The minimum Gasteiger partial charge on any atom is -0.424 e. The highest BCUT2D eigenvalue weighted by Gasteiger charge is 2.30. The standard InChI is InChI=1S/C14H18N4O2S/c1-9-8-21-14(15-9)11-6-18(4-5-19-11)7-12-16-17-13(20-12)10-2-3-10/h8,10-11H,2-7H2,1H3/t11-/m1/s1. The van der Waals surface area contributed by atoms with Crippen molar-refractivity contribution in [1.82, 2.24) is 20.1 Å². The van der Waals surface area contributed by atoms with Crippen molar-refractivity contribution in [3.8, 4) is 0 Å². The first kappa shape index (κ1) is 13.4. The maximum atomic E-state index is 5.84. The Labute approximate surface area is 127 Å². The van der Waals surface area contributed by atoms with Gasteiger partial charge in [-0.15, -0.1) is 21.5 Å². The zero-order chi connectivity index (χ0) is 14.2. The number of aryl methyl sites for hydroxylation is 1. The third-order valence-corrected chi connectivity index (χ3v) is 4.89. The van der Waals surface area contributed by atoms with Crippen molar-refractivity contribution in [3.63, 3.8) is 0 Å². The van der Waals surface area contributed by atoms with Gasteiger partial charge in [0.05, 0.1) is 13.2 Å². The van der Waals surface area contributed by atoms with Crippen LogP contribution in [0.15, 0.2) is 9.80 Å². The van der Waals surface area contributed by atoms with Crippen molar-refractivity contribution < 1.29 is 9.15 Å². The maximum absolute atomic E-state index is 5.84. The van der Waals surface area contributed by atoms with E-state index in [0.29, 0.717) is 25.0 Å². The third kappa shape index (κ3) is 3.00. The minimum absolute atomic E-state index is 0.0586. The van der Waals surface area contributed by atoms with Crippen molar-refractivity contribution in [2.24, 2.45) is 0 Å².